The van der Waals surface area contributed by atoms with E-state index < -0.39 is 7.75 Å². The second kappa shape index (κ2) is 33.0. The Labute approximate surface area is 277 Å². The van der Waals surface area contributed by atoms with Gasteiger partial charge in [-0.25, -0.2) is 9.65 Å². The van der Waals surface area contributed by atoms with Crippen molar-refractivity contribution in [1.82, 2.24) is 9.99 Å². The number of rotatable bonds is 36. The summed E-state index contributed by atoms with van der Waals surface area (Å²) in [6, 6.07) is 0. The highest BCUT2D eigenvalue weighted by Gasteiger charge is 2.27. The van der Waals surface area contributed by atoms with Gasteiger partial charge in [-0.1, -0.05) is 156 Å². The van der Waals surface area contributed by atoms with E-state index in [4.69, 9.17) is 9.05 Å². The van der Waals surface area contributed by atoms with Crippen LogP contribution in [-0.4, -0.2) is 45.3 Å². The summed E-state index contributed by atoms with van der Waals surface area (Å²) in [5.41, 5.74) is 0. The molecule has 0 saturated heterocycles. The van der Waals surface area contributed by atoms with Crippen molar-refractivity contribution in [3.8, 4) is 0 Å². The van der Waals surface area contributed by atoms with E-state index in [0.29, 0.717) is 31.6 Å². The predicted molar refractivity (Wildman–Crippen MR) is 196 cm³/mol. The standard InChI is InChI=1S/C38H81N2O3P/c1-7-11-15-19-21-25-31-37(29-23-17-13-9-3)35-42-44(41,39-33-27-28-34-40(5)6)43-36-38(30-24-18-14-10-4)32-26-22-20-16-12-8-2/h37-38H,7-36H2,1-6H3,(H,39,41). The lowest BCUT2D eigenvalue weighted by Gasteiger charge is -2.25. The summed E-state index contributed by atoms with van der Waals surface area (Å²) < 4.78 is 26.9. The molecule has 0 rings (SSSR count). The molecule has 0 saturated carbocycles. The van der Waals surface area contributed by atoms with Gasteiger partial charge in [-0.3, -0.25) is 9.05 Å². The molecule has 266 valence electrons. The van der Waals surface area contributed by atoms with Crippen molar-refractivity contribution in [1.29, 1.82) is 0 Å². The minimum atomic E-state index is -3.35. The van der Waals surface area contributed by atoms with Crippen LogP contribution in [0.1, 0.15) is 195 Å². The van der Waals surface area contributed by atoms with Gasteiger partial charge < -0.3 is 4.90 Å². The molecule has 0 aliphatic heterocycles. The molecule has 0 aliphatic carbocycles. The van der Waals surface area contributed by atoms with E-state index in [-0.39, 0.29) is 0 Å². The van der Waals surface area contributed by atoms with Crippen molar-refractivity contribution in [2.24, 2.45) is 11.8 Å². The first-order valence-corrected chi connectivity index (χ1v) is 21.2. The quantitative estimate of drug-likeness (QED) is 0.0543. The molecule has 0 radical (unpaired) electrons. The van der Waals surface area contributed by atoms with E-state index in [1.54, 1.807) is 0 Å². The van der Waals surface area contributed by atoms with Gasteiger partial charge >= 0.3 is 7.75 Å². The zero-order valence-electron chi connectivity index (χ0n) is 31.0. The normalized spacial score (nSPS) is 14.7. The highest BCUT2D eigenvalue weighted by Crippen LogP contribution is 2.45. The maximum atomic E-state index is 14.2. The van der Waals surface area contributed by atoms with Gasteiger partial charge in [-0.05, 0) is 71.0 Å². The summed E-state index contributed by atoms with van der Waals surface area (Å²) in [6.07, 6.45) is 32.8. The van der Waals surface area contributed by atoms with E-state index in [0.717, 1.165) is 19.4 Å². The molecule has 0 bridgehead atoms. The van der Waals surface area contributed by atoms with E-state index in [9.17, 15) is 4.57 Å². The van der Waals surface area contributed by atoms with Crippen molar-refractivity contribution < 1.29 is 13.6 Å². The second-order valence-corrected chi connectivity index (χ2v) is 15.9. The summed E-state index contributed by atoms with van der Waals surface area (Å²) in [5, 5.41) is 3.31. The summed E-state index contributed by atoms with van der Waals surface area (Å²) in [5.74, 6) is 0.942. The Morgan fingerprint density at radius 2 is 0.841 bits per heavy atom. The van der Waals surface area contributed by atoms with Crippen LogP contribution in [-0.2, 0) is 13.6 Å². The Hall–Kier alpha value is 0.0700. The summed E-state index contributed by atoms with van der Waals surface area (Å²) >= 11 is 0. The third kappa shape index (κ3) is 29.5. The molecule has 0 aromatic rings. The Balaban J connectivity index is 5.24. The van der Waals surface area contributed by atoms with Gasteiger partial charge in [0.25, 0.3) is 0 Å². The second-order valence-electron chi connectivity index (χ2n) is 14.1. The topological polar surface area (TPSA) is 50.8 Å². The largest absolute Gasteiger partial charge is 0.405 e. The molecule has 0 aromatic carbocycles. The first-order valence-electron chi connectivity index (χ1n) is 19.7. The Kier molecular flexibility index (Phi) is 33.0. The van der Waals surface area contributed by atoms with E-state index in [1.807, 2.05) is 0 Å². The van der Waals surface area contributed by atoms with Gasteiger partial charge in [0.15, 0.2) is 0 Å². The summed E-state index contributed by atoms with van der Waals surface area (Å²) in [4.78, 5) is 2.21. The number of nitrogens with one attached hydrogen (secondary N) is 1. The number of nitrogens with zero attached hydrogens (tertiary/aromatic N) is 1. The molecule has 0 amide bonds. The molecule has 0 spiro atoms. The fourth-order valence-corrected chi connectivity index (χ4v) is 7.58. The highest BCUT2D eigenvalue weighted by atomic mass is 31.2. The molecule has 6 heteroatoms. The molecule has 2 unspecified atom stereocenters. The zero-order chi connectivity index (χ0) is 32.6. The zero-order valence-corrected chi connectivity index (χ0v) is 31.9. The van der Waals surface area contributed by atoms with Crippen molar-refractivity contribution in [3.63, 3.8) is 0 Å². The van der Waals surface area contributed by atoms with Crippen LogP contribution >= 0.6 is 7.75 Å². The summed E-state index contributed by atoms with van der Waals surface area (Å²) in [7, 11) is 0.869. The molecular formula is C38H81N2O3P. The molecule has 0 aromatic heterocycles. The Bertz CT molecular complexity index is 579. The van der Waals surface area contributed by atoms with Crippen LogP contribution in [0.25, 0.3) is 0 Å². The molecule has 0 fully saturated rings. The molecule has 0 heterocycles. The number of unbranched alkanes of at least 4 members (excludes halogenated alkanes) is 17. The maximum Gasteiger partial charge on any atom is 0.405 e. The number of hydrogen-bond acceptors (Lipinski definition) is 4. The number of hydrogen-bond donors (Lipinski definition) is 1. The lowest BCUT2D eigenvalue weighted by Crippen LogP contribution is -2.22. The highest BCUT2D eigenvalue weighted by molar-refractivity contribution is 7.51. The van der Waals surface area contributed by atoms with Gasteiger partial charge in [0, 0.05) is 6.54 Å². The van der Waals surface area contributed by atoms with Gasteiger partial charge in [0.2, 0.25) is 0 Å². The molecule has 2 atom stereocenters. The van der Waals surface area contributed by atoms with Crippen molar-refractivity contribution in [2.45, 2.75) is 195 Å². The molecular weight excluding hydrogens is 563 g/mol. The molecule has 44 heavy (non-hydrogen) atoms. The average Bonchev–Trinajstić information content (AvgIpc) is 3.01. The van der Waals surface area contributed by atoms with E-state index >= 15 is 0 Å². The minimum absolute atomic E-state index is 0.471. The van der Waals surface area contributed by atoms with Crippen molar-refractivity contribution >= 4 is 7.75 Å². The fourth-order valence-electron chi connectivity index (χ4n) is 6.07. The van der Waals surface area contributed by atoms with Crippen LogP contribution in [0.2, 0.25) is 0 Å². The average molecular weight is 645 g/mol. The van der Waals surface area contributed by atoms with Crippen LogP contribution in [0.3, 0.4) is 0 Å². The Morgan fingerprint density at radius 1 is 0.500 bits per heavy atom. The predicted octanol–water partition coefficient (Wildman–Crippen LogP) is 12.7. The third-order valence-corrected chi connectivity index (χ3v) is 10.8. The first kappa shape index (κ1) is 44.1. The minimum Gasteiger partial charge on any atom is -0.309 e. The van der Waals surface area contributed by atoms with Crippen LogP contribution in [0, 0.1) is 11.8 Å². The van der Waals surface area contributed by atoms with Gasteiger partial charge in [0.1, 0.15) is 0 Å². The van der Waals surface area contributed by atoms with Crippen LogP contribution in [0.5, 0.6) is 0 Å². The first-order chi connectivity index (χ1) is 21.4. The van der Waals surface area contributed by atoms with Crippen molar-refractivity contribution in [2.75, 3.05) is 40.4 Å². The smallest absolute Gasteiger partial charge is 0.309 e. The third-order valence-electron chi connectivity index (χ3n) is 9.16. The van der Waals surface area contributed by atoms with Crippen LogP contribution < -0.4 is 5.09 Å². The maximum absolute atomic E-state index is 14.2. The van der Waals surface area contributed by atoms with Gasteiger partial charge in [-0.15, -0.1) is 0 Å². The summed E-state index contributed by atoms with van der Waals surface area (Å²) in [6.45, 7) is 12.0. The lowest BCUT2D eigenvalue weighted by molar-refractivity contribution is 0.140. The Morgan fingerprint density at radius 3 is 1.20 bits per heavy atom. The molecule has 0 aliphatic rings. The molecule has 5 nitrogen and oxygen atoms in total. The van der Waals surface area contributed by atoms with E-state index in [2.05, 4.69) is 51.8 Å². The van der Waals surface area contributed by atoms with Crippen molar-refractivity contribution in [3.05, 3.63) is 0 Å². The lowest BCUT2D eigenvalue weighted by atomic mass is 9.95. The van der Waals surface area contributed by atoms with Crippen LogP contribution in [0.15, 0.2) is 0 Å². The monoisotopic (exact) mass is 645 g/mol. The van der Waals surface area contributed by atoms with Gasteiger partial charge in [-0.2, -0.15) is 0 Å². The van der Waals surface area contributed by atoms with E-state index in [1.165, 1.54) is 154 Å². The molecule has 1 N–H and O–H groups in total. The SMILES string of the molecule is CCCCCCCCC(CCCCCC)COP(=O)(NCCCCN(C)C)OCC(CCCCCC)CCCCCCCC. The van der Waals surface area contributed by atoms with Gasteiger partial charge in [0.05, 0.1) is 13.2 Å². The fraction of sp³-hybridized carbons (Fsp3) is 1.00. The van der Waals surface area contributed by atoms with Crippen LogP contribution in [0.4, 0.5) is 0 Å².